The van der Waals surface area contributed by atoms with Crippen molar-refractivity contribution < 1.29 is 8.42 Å². The molecule has 0 aliphatic rings. The fourth-order valence-electron chi connectivity index (χ4n) is 2.65. The number of sulfonamides is 1. The van der Waals surface area contributed by atoms with Gasteiger partial charge in [0, 0.05) is 6.54 Å². The molecule has 3 nitrogen and oxygen atoms in total. The van der Waals surface area contributed by atoms with Gasteiger partial charge < -0.3 is 0 Å². The van der Waals surface area contributed by atoms with Crippen LogP contribution in [0.3, 0.4) is 0 Å². The van der Waals surface area contributed by atoms with E-state index in [-0.39, 0.29) is 13.1 Å². The van der Waals surface area contributed by atoms with Gasteiger partial charge >= 0.3 is 0 Å². The SMILES string of the molecule is CC#CCN(C/C=C/c1c(C)cccc1C)S(=O)(=O)c1ccc(C)cc1. The zero-order valence-corrected chi connectivity index (χ0v) is 16.6. The van der Waals surface area contributed by atoms with Crippen LogP contribution < -0.4 is 0 Å². The fourth-order valence-corrected chi connectivity index (χ4v) is 3.95. The van der Waals surface area contributed by atoms with E-state index in [4.69, 9.17) is 0 Å². The van der Waals surface area contributed by atoms with Crippen LogP contribution in [0, 0.1) is 32.6 Å². The monoisotopic (exact) mass is 367 g/mol. The van der Waals surface area contributed by atoms with Crippen LogP contribution in [-0.2, 0) is 10.0 Å². The molecule has 0 aliphatic carbocycles. The summed E-state index contributed by atoms with van der Waals surface area (Å²) >= 11 is 0. The molecular formula is C22H25NO2S. The van der Waals surface area contributed by atoms with Gasteiger partial charge in [0.25, 0.3) is 0 Å². The van der Waals surface area contributed by atoms with Gasteiger partial charge in [0.1, 0.15) is 0 Å². The molecule has 0 aliphatic heterocycles. The third-order valence-corrected chi connectivity index (χ3v) is 6.05. The maximum absolute atomic E-state index is 13.0. The highest BCUT2D eigenvalue weighted by Crippen LogP contribution is 2.18. The fraction of sp³-hybridized carbons (Fsp3) is 0.273. The van der Waals surface area contributed by atoms with E-state index in [1.54, 1.807) is 19.1 Å². The average molecular weight is 368 g/mol. The lowest BCUT2D eigenvalue weighted by molar-refractivity contribution is 0.478. The normalized spacial score (nSPS) is 11.6. The molecule has 0 fully saturated rings. The molecule has 0 amide bonds. The van der Waals surface area contributed by atoms with E-state index in [2.05, 4.69) is 37.8 Å². The predicted octanol–water partition coefficient (Wildman–Crippen LogP) is 4.34. The summed E-state index contributed by atoms with van der Waals surface area (Å²) in [5.41, 5.74) is 4.49. The van der Waals surface area contributed by atoms with Crippen molar-refractivity contribution in [1.82, 2.24) is 4.31 Å². The molecular weight excluding hydrogens is 342 g/mol. The minimum atomic E-state index is -3.59. The summed E-state index contributed by atoms with van der Waals surface area (Å²) in [6, 6.07) is 13.0. The Labute approximate surface area is 157 Å². The van der Waals surface area contributed by atoms with E-state index in [1.807, 2.05) is 37.3 Å². The lowest BCUT2D eigenvalue weighted by Gasteiger charge is -2.18. The van der Waals surface area contributed by atoms with Crippen molar-refractivity contribution >= 4 is 16.1 Å². The quantitative estimate of drug-likeness (QED) is 0.712. The Morgan fingerprint density at radius 1 is 1.00 bits per heavy atom. The van der Waals surface area contributed by atoms with Gasteiger partial charge in [-0.2, -0.15) is 4.31 Å². The number of aryl methyl sites for hydroxylation is 3. The largest absolute Gasteiger partial charge is 0.244 e. The van der Waals surface area contributed by atoms with E-state index < -0.39 is 10.0 Å². The van der Waals surface area contributed by atoms with Crippen LogP contribution >= 0.6 is 0 Å². The van der Waals surface area contributed by atoms with Gasteiger partial charge in [-0.25, -0.2) is 8.42 Å². The molecule has 136 valence electrons. The van der Waals surface area contributed by atoms with Gasteiger partial charge in [0.2, 0.25) is 10.0 Å². The number of rotatable bonds is 6. The molecule has 2 aromatic rings. The van der Waals surface area contributed by atoms with Crippen molar-refractivity contribution in [3.05, 3.63) is 70.8 Å². The van der Waals surface area contributed by atoms with Gasteiger partial charge in [-0.15, -0.1) is 5.92 Å². The number of benzene rings is 2. The van der Waals surface area contributed by atoms with Crippen molar-refractivity contribution in [3.8, 4) is 11.8 Å². The summed E-state index contributed by atoms with van der Waals surface area (Å²) in [7, 11) is -3.59. The van der Waals surface area contributed by atoms with Gasteiger partial charge in [-0.3, -0.25) is 0 Å². The second-order valence-corrected chi connectivity index (χ2v) is 8.18. The summed E-state index contributed by atoms with van der Waals surface area (Å²) in [5, 5.41) is 0. The summed E-state index contributed by atoms with van der Waals surface area (Å²) in [5.74, 6) is 5.65. The zero-order valence-electron chi connectivity index (χ0n) is 15.8. The molecule has 2 aromatic carbocycles. The second kappa shape index (κ2) is 8.84. The van der Waals surface area contributed by atoms with E-state index in [9.17, 15) is 8.42 Å². The molecule has 0 N–H and O–H groups in total. The predicted molar refractivity (Wildman–Crippen MR) is 108 cm³/mol. The minimum Gasteiger partial charge on any atom is -0.207 e. The Morgan fingerprint density at radius 2 is 1.62 bits per heavy atom. The molecule has 0 bridgehead atoms. The molecule has 4 heteroatoms. The van der Waals surface area contributed by atoms with Gasteiger partial charge in [-0.1, -0.05) is 54.0 Å². The minimum absolute atomic E-state index is 0.170. The van der Waals surface area contributed by atoms with Crippen molar-refractivity contribution in [2.75, 3.05) is 13.1 Å². The van der Waals surface area contributed by atoms with Gasteiger partial charge in [0.15, 0.2) is 0 Å². The van der Waals surface area contributed by atoms with E-state index in [1.165, 1.54) is 15.4 Å². The van der Waals surface area contributed by atoms with Crippen molar-refractivity contribution in [2.24, 2.45) is 0 Å². The molecule has 0 aromatic heterocycles. The van der Waals surface area contributed by atoms with Crippen LogP contribution in [0.2, 0.25) is 0 Å². The Kier molecular flexibility index (Phi) is 6.79. The first-order valence-corrected chi connectivity index (χ1v) is 9.99. The smallest absolute Gasteiger partial charge is 0.207 e. The van der Waals surface area contributed by atoms with E-state index in [0.717, 1.165) is 11.1 Å². The van der Waals surface area contributed by atoms with Crippen LogP contribution in [0.1, 0.15) is 29.2 Å². The van der Waals surface area contributed by atoms with E-state index >= 15 is 0 Å². The third kappa shape index (κ3) is 4.85. The lowest BCUT2D eigenvalue weighted by Crippen LogP contribution is -2.31. The summed E-state index contributed by atoms with van der Waals surface area (Å²) in [6.45, 7) is 8.20. The average Bonchev–Trinajstić information content (AvgIpc) is 2.60. The first-order chi connectivity index (χ1) is 12.4. The molecule has 2 rings (SSSR count). The number of nitrogens with zero attached hydrogens (tertiary/aromatic N) is 1. The van der Waals surface area contributed by atoms with Gasteiger partial charge in [0.05, 0.1) is 11.4 Å². The summed E-state index contributed by atoms with van der Waals surface area (Å²) < 4.78 is 27.3. The molecule has 0 saturated carbocycles. The van der Waals surface area contributed by atoms with Crippen LogP contribution in [0.15, 0.2) is 53.4 Å². The van der Waals surface area contributed by atoms with Crippen LogP contribution in [-0.4, -0.2) is 25.8 Å². The molecule has 0 heterocycles. The zero-order chi connectivity index (χ0) is 19.2. The van der Waals surface area contributed by atoms with E-state index in [0.29, 0.717) is 4.90 Å². The molecule has 26 heavy (non-hydrogen) atoms. The number of hydrogen-bond donors (Lipinski definition) is 0. The third-order valence-electron chi connectivity index (χ3n) is 4.23. The van der Waals surface area contributed by atoms with Crippen LogP contribution in [0.5, 0.6) is 0 Å². The Balaban J connectivity index is 2.28. The Bertz CT molecular complexity index is 926. The van der Waals surface area contributed by atoms with Crippen LogP contribution in [0.25, 0.3) is 6.08 Å². The summed E-state index contributed by atoms with van der Waals surface area (Å²) in [6.07, 6.45) is 3.88. The maximum atomic E-state index is 13.0. The molecule has 0 spiro atoms. The lowest BCUT2D eigenvalue weighted by atomic mass is 10.0. The molecule has 0 atom stereocenters. The van der Waals surface area contributed by atoms with Crippen molar-refractivity contribution in [3.63, 3.8) is 0 Å². The molecule has 0 radical (unpaired) electrons. The topological polar surface area (TPSA) is 37.4 Å². The Morgan fingerprint density at radius 3 is 2.19 bits per heavy atom. The highest BCUT2D eigenvalue weighted by Gasteiger charge is 2.22. The first kappa shape index (κ1) is 20.0. The van der Waals surface area contributed by atoms with Crippen molar-refractivity contribution in [1.29, 1.82) is 0 Å². The number of hydrogen-bond acceptors (Lipinski definition) is 2. The second-order valence-electron chi connectivity index (χ2n) is 6.25. The maximum Gasteiger partial charge on any atom is 0.244 e. The highest BCUT2D eigenvalue weighted by atomic mass is 32.2. The highest BCUT2D eigenvalue weighted by molar-refractivity contribution is 7.89. The van der Waals surface area contributed by atoms with Crippen molar-refractivity contribution in [2.45, 2.75) is 32.6 Å². The standard InChI is InChI=1S/C22H25NO2S/c1-5-6-16-23(26(24,25)21-14-12-18(2)13-15-21)17-8-11-22-19(3)9-7-10-20(22)4/h7-15H,16-17H2,1-4H3/b11-8+. The first-order valence-electron chi connectivity index (χ1n) is 8.55. The molecule has 0 unspecified atom stereocenters. The summed E-state index contributed by atoms with van der Waals surface area (Å²) in [4.78, 5) is 0.293. The van der Waals surface area contributed by atoms with Crippen LogP contribution in [0.4, 0.5) is 0 Å². The molecule has 0 saturated heterocycles. The van der Waals surface area contributed by atoms with Gasteiger partial charge in [-0.05, 0) is 56.5 Å². The Hall–Kier alpha value is -2.35.